The highest BCUT2D eigenvalue weighted by atomic mass is 16.2. The van der Waals surface area contributed by atoms with Crippen molar-refractivity contribution in [3.63, 3.8) is 0 Å². The van der Waals surface area contributed by atoms with Crippen molar-refractivity contribution < 1.29 is 4.79 Å². The molecule has 0 aliphatic rings. The molecule has 1 rings (SSSR count). The Labute approximate surface area is 96.6 Å². The van der Waals surface area contributed by atoms with Crippen LogP contribution in [0.25, 0.3) is 0 Å². The molecule has 0 radical (unpaired) electrons. The van der Waals surface area contributed by atoms with E-state index in [1.807, 2.05) is 26.0 Å². The van der Waals surface area contributed by atoms with Gasteiger partial charge < -0.3 is 0 Å². The number of carbonyl (C=O) groups excluding carboxylic acids is 1. The highest BCUT2D eigenvalue weighted by Crippen LogP contribution is 2.07. The molecule has 0 saturated heterocycles. The largest absolute Gasteiger partial charge is 0.273 e. The second-order valence-electron chi connectivity index (χ2n) is 3.90. The molecule has 0 aromatic heterocycles. The summed E-state index contributed by atoms with van der Waals surface area (Å²) in [5, 5.41) is 3.93. The summed E-state index contributed by atoms with van der Waals surface area (Å²) in [7, 11) is 0. The molecule has 1 amide bonds. The Morgan fingerprint density at radius 3 is 2.81 bits per heavy atom. The Morgan fingerprint density at radius 1 is 1.44 bits per heavy atom. The van der Waals surface area contributed by atoms with Crippen LogP contribution in [0.15, 0.2) is 23.3 Å². The zero-order valence-electron chi connectivity index (χ0n) is 10.1. The van der Waals surface area contributed by atoms with Crippen molar-refractivity contribution in [2.75, 3.05) is 0 Å². The molecule has 3 nitrogen and oxygen atoms in total. The number of aryl methyl sites for hydroxylation is 2. The van der Waals surface area contributed by atoms with E-state index in [0.29, 0.717) is 6.42 Å². The molecule has 0 unspecified atom stereocenters. The van der Waals surface area contributed by atoms with Gasteiger partial charge in [0.15, 0.2) is 0 Å². The lowest BCUT2D eigenvalue weighted by atomic mass is 10.1. The van der Waals surface area contributed by atoms with Gasteiger partial charge in [-0.05, 0) is 31.4 Å². The first kappa shape index (κ1) is 12.4. The number of nitrogens with one attached hydrogen (secondary N) is 1. The van der Waals surface area contributed by atoms with Crippen LogP contribution in [0.1, 0.15) is 36.5 Å². The van der Waals surface area contributed by atoms with Crippen LogP contribution in [0.5, 0.6) is 0 Å². The summed E-state index contributed by atoms with van der Waals surface area (Å²) in [6.45, 7) is 6.05. The van der Waals surface area contributed by atoms with Gasteiger partial charge in [-0.25, -0.2) is 5.43 Å². The van der Waals surface area contributed by atoms with Gasteiger partial charge in [0.2, 0.25) is 5.91 Å². The van der Waals surface area contributed by atoms with Crippen molar-refractivity contribution >= 4 is 12.1 Å². The van der Waals surface area contributed by atoms with E-state index in [1.54, 1.807) is 6.21 Å². The molecule has 16 heavy (non-hydrogen) atoms. The first-order chi connectivity index (χ1) is 7.63. The molecule has 0 spiro atoms. The van der Waals surface area contributed by atoms with E-state index < -0.39 is 0 Å². The number of nitrogens with zero attached hydrogens (tertiary/aromatic N) is 1. The predicted octanol–water partition coefficient (Wildman–Crippen LogP) is 2.55. The van der Waals surface area contributed by atoms with Gasteiger partial charge in [0.1, 0.15) is 0 Å². The second kappa shape index (κ2) is 6.05. The minimum absolute atomic E-state index is 0.0384. The fraction of sp³-hybridized carbons (Fsp3) is 0.385. The van der Waals surface area contributed by atoms with E-state index in [4.69, 9.17) is 0 Å². The van der Waals surface area contributed by atoms with Crippen LogP contribution in [0.4, 0.5) is 0 Å². The number of benzene rings is 1. The summed E-state index contributed by atoms with van der Waals surface area (Å²) >= 11 is 0. The molecule has 0 saturated carbocycles. The first-order valence-corrected chi connectivity index (χ1v) is 5.52. The summed E-state index contributed by atoms with van der Waals surface area (Å²) in [6.07, 6.45) is 3.04. The van der Waals surface area contributed by atoms with Gasteiger partial charge in [-0.1, -0.05) is 30.7 Å². The van der Waals surface area contributed by atoms with Gasteiger partial charge in [0.05, 0.1) is 6.21 Å². The lowest BCUT2D eigenvalue weighted by Gasteiger charge is -2.01. The molecule has 1 aromatic carbocycles. The number of amides is 1. The fourth-order valence-corrected chi connectivity index (χ4v) is 1.43. The van der Waals surface area contributed by atoms with Crippen molar-refractivity contribution in [1.82, 2.24) is 5.43 Å². The first-order valence-electron chi connectivity index (χ1n) is 5.52. The van der Waals surface area contributed by atoms with Crippen LogP contribution >= 0.6 is 0 Å². The lowest BCUT2D eigenvalue weighted by Crippen LogP contribution is -2.16. The Hall–Kier alpha value is -1.64. The maximum absolute atomic E-state index is 11.1. The van der Waals surface area contributed by atoms with E-state index in [1.165, 1.54) is 5.56 Å². The highest BCUT2D eigenvalue weighted by Gasteiger charge is 1.97. The Bertz CT molecular complexity index is 397. The molecule has 3 heteroatoms. The molecular weight excluding hydrogens is 200 g/mol. The van der Waals surface area contributed by atoms with Crippen LogP contribution in [0.3, 0.4) is 0 Å². The van der Waals surface area contributed by atoms with Gasteiger partial charge in [-0.15, -0.1) is 0 Å². The van der Waals surface area contributed by atoms with Crippen molar-refractivity contribution in [3.05, 3.63) is 34.9 Å². The third-order valence-electron chi connectivity index (χ3n) is 2.30. The van der Waals surface area contributed by atoms with E-state index in [9.17, 15) is 4.79 Å². The fourth-order valence-electron chi connectivity index (χ4n) is 1.43. The zero-order valence-corrected chi connectivity index (χ0v) is 10.1. The third kappa shape index (κ3) is 3.85. The molecule has 0 heterocycles. The summed E-state index contributed by atoms with van der Waals surface area (Å²) in [5.41, 5.74) is 5.92. The minimum Gasteiger partial charge on any atom is -0.273 e. The van der Waals surface area contributed by atoms with E-state index in [-0.39, 0.29) is 5.91 Å². The number of hydrazone groups is 1. The minimum atomic E-state index is -0.0384. The van der Waals surface area contributed by atoms with Crippen molar-refractivity contribution in [2.24, 2.45) is 5.10 Å². The molecule has 1 N–H and O–H groups in total. The maximum Gasteiger partial charge on any atom is 0.240 e. The number of rotatable bonds is 4. The molecule has 0 aliphatic carbocycles. The number of hydrogen-bond donors (Lipinski definition) is 1. The Balaban J connectivity index is 2.59. The summed E-state index contributed by atoms with van der Waals surface area (Å²) in [6, 6.07) is 6.12. The number of hydrogen-bond acceptors (Lipinski definition) is 2. The molecule has 86 valence electrons. The topological polar surface area (TPSA) is 41.5 Å². The van der Waals surface area contributed by atoms with E-state index in [0.717, 1.165) is 17.5 Å². The SMILES string of the molecule is CCCC(=O)N/N=C/c1ccc(C)cc1C. The van der Waals surface area contributed by atoms with Gasteiger partial charge in [-0.2, -0.15) is 5.10 Å². The summed E-state index contributed by atoms with van der Waals surface area (Å²) in [4.78, 5) is 11.1. The summed E-state index contributed by atoms with van der Waals surface area (Å²) < 4.78 is 0. The van der Waals surface area contributed by atoms with E-state index in [2.05, 4.69) is 23.5 Å². The molecular formula is C13H18N2O. The maximum atomic E-state index is 11.1. The lowest BCUT2D eigenvalue weighted by molar-refractivity contribution is -0.121. The van der Waals surface area contributed by atoms with Crippen LogP contribution in [-0.2, 0) is 4.79 Å². The zero-order chi connectivity index (χ0) is 12.0. The molecule has 1 aromatic rings. The Kier molecular flexibility index (Phi) is 4.70. The normalized spacial score (nSPS) is 10.7. The highest BCUT2D eigenvalue weighted by molar-refractivity contribution is 5.83. The van der Waals surface area contributed by atoms with Crippen LogP contribution in [-0.4, -0.2) is 12.1 Å². The quantitative estimate of drug-likeness (QED) is 0.612. The van der Waals surface area contributed by atoms with Crippen molar-refractivity contribution in [2.45, 2.75) is 33.6 Å². The summed E-state index contributed by atoms with van der Waals surface area (Å²) in [5.74, 6) is -0.0384. The van der Waals surface area contributed by atoms with Gasteiger partial charge in [0, 0.05) is 6.42 Å². The van der Waals surface area contributed by atoms with Crippen LogP contribution in [0, 0.1) is 13.8 Å². The van der Waals surface area contributed by atoms with Gasteiger partial charge in [-0.3, -0.25) is 4.79 Å². The molecule has 0 bridgehead atoms. The van der Waals surface area contributed by atoms with Crippen molar-refractivity contribution in [1.29, 1.82) is 0 Å². The van der Waals surface area contributed by atoms with Gasteiger partial charge in [0.25, 0.3) is 0 Å². The molecule has 0 aliphatic heterocycles. The van der Waals surface area contributed by atoms with Crippen LogP contribution in [0.2, 0.25) is 0 Å². The molecule has 0 atom stereocenters. The molecule has 0 fully saturated rings. The average Bonchev–Trinajstić information content (AvgIpc) is 2.22. The third-order valence-corrected chi connectivity index (χ3v) is 2.30. The smallest absolute Gasteiger partial charge is 0.240 e. The average molecular weight is 218 g/mol. The Morgan fingerprint density at radius 2 is 2.19 bits per heavy atom. The standard InChI is InChI=1S/C13H18N2O/c1-4-5-13(16)15-14-9-12-7-6-10(2)8-11(12)3/h6-9H,4-5H2,1-3H3,(H,15,16)/b14-9+. The number of carbonyl (C=O) groups is 1. The van der Waals surface area contributed by atoms with Crippen LogP contribution < -0.4 is 5.43 Å². The monoisotopic (exact) mass is 218 g/mol. The second-order valence-corrected chi connectivity index (χ2v) is 3.90. The predicted molar refractivity (Wildman–Crippen MR) is 66.6 cm³/mol. The van der Waals surface area contributed by atoms with E-state index >= 15 is 0 Å². The van der Waals surface area contributed by atoms with Crippen molar-refractivity contribution in [3.8, 4) is 0 Å². The van der Waals surface area contributed by atoms with Gasteiger partial charge >= 0.3 is 0 Å².